The molecule has 5 nitrogen and oxygen atoms in total. The minimum atomic E-state index is -1.35. The fraction of sp³-hybridized carbons (Fsp3) is 0.600. The molecule has 0 amide bonds. The van der Waals surface area contributed by atoms with Crippen molar-refractivity contribution in [3.8, 4) is 5.88 Å². The van der Waals surface area contributed by atoms with Gasteiger partial charge in [-0.15, -0.1) is 5.10 Å². The molecule has 0 radical (unpaired) electrons. The maximum atomic E-state index is 10.9. The third-order valence-electron chi connectivity index (χ3n) is 2.05. The van der Waals surface area contributed by atoms with Crippen LogP contribution in [0.1, 0.15) is 33.7 Å². The van der Waals surface area contributed by atoms with E-state index in [2.05, 4.69) is 5.10 Å². The van der Waals surface area contributed by atoms with E-state index in [1.807, 2.05) is 13.8 Å². The van der Waals surface area contributed by atoms with Crippen LogP contribution in [0.2, 0.25) is 5.02 Å². The highest BCUT2D eigenvalue weighted by Gasteiger charge is 2.31. The Morgan fingerprint density at radius 3 is 2.56 bits per heavy atom. The summed E-state index contributed by atoms with van der Waals surface area (Å²) in [6.45, 7) is 6.77. The first kappa shape index (κ1) is 12.8. The third-order valence-corrected chi connectivity index (χ3v) is 2.31. The van der Waals surface area contributed by atoms with E-state index in [1.54, 1.807) is 10.9 Å². The molecule has 1 heterocycles. The molecule has 0 bridgehead atoms. The molecule has 1 rings (SSSR count). The summed E-state index contributed by atoms with van der Waals surface area (Å²) >= 11 is 5.90. The van der Waals surface area contributed by atoms with E-state index in [0.717, 1.165) is 0 Å². The molecule has 6 heteroatoms. The maximum absolute atomic E-state index is 10.9. The number of hydrogen-bond acceptors (Lipinski definition) is 3. The lowest BCUT2D eigenvalue weighted by molar-refractivity contribution is -0.152. The van der Waals surface area contributed by atoms with Gasteiger partial charge in [-0.2, -0.15) is 0 Å². The van der Waals surface area contributed by atoms with Gasteiger partial charge in [-0.25, -0.2) is 4.79 Å². The van der Waals surface area contributed by atoms with Gasteiger partial charge in [0.25, 0.3) is 5.88 Å². The highest BCUT2D eigenvalue weighted by Crippen LogP contribution is 2.27. The first-order chi connectivity index (χ1) is 7.24. The van der Waals surface area contributed by atoms with Gasteiger partial charge in [0, 0.05) is 12.2 Å². The molecule has 0 aromatic carbocycles. The van der Waals surface area contributed by atoms with Gasteiger partial charge >= 0.3 is 5.97 Å². The molecule has 0 spiro atoms. The monoisotopic (exact) mass is 246 g/mol. The molecule has 0 fully saturated rings. The maximum Gasteiger partial charge on any atom is 0.347 e. The Labute approximate surface area is 99.0 Å². The van der Waals surface area contributed by atoms with E-state index >= 15 is 0 Å². The molecule has 90 valence electrons. The minimum Gasteiger partial charge on any atom is -0.478 e. The molecule has 0 aliphatic carbocycles. The van der Waals surface area contributed by atoms with Crippen LogP contribution in [0.15, 0.2) is 6.20 Å². The van der Waals surface area contributed by atoms with Crippen molar-refractivity contribution < 1.29 is 14.6 Å². The molecule has 1 aromatic heterocycles. The molecule has 0 atom stereocenters. The molecule has 1 aromatic rings. The van der Waals surface area contributed by atoms with Gasteiger partial charge in [-0.3, -0.25) is 4.68 Å². The Kier molecular flexibility index (Phi) is 3.48. The van der Waals surface area contributed by atoms with E-state index < -0.39 is 11.6 Å². The molecule has 0 aliphatic heterocycles. The first-order valence-electron chi connectivity index (χ1n) is 4.91. The van der Waals surface area contributed by atoms with Crippen molar-refractivity contribution in [2.24, 2.45) is 0 Å². The number of ether oxygens (including phenoxy) is 1. The minimum absolute atomic E-state index is 0.141. The second kappa shape index (κ2) is 4.33. The van der Waals surface area contributed by atoms with Crippen molar-refractivity contribution in [1.82, 2.24) is 9.78 Å². The summed E-state index contributed by atoms with van der Waals surface area (Å²) in [5.41, 5.74) is -1.35. The summed E-state index contributed by atoms with van der Waals surface area (Å²) < 4.78 is 6.88. The summed E-state index contributed by atoms with van der Waals surface area (Å²) in [5.74, 6) is -0.926. The predicted molar refractivity (Wildman–Crippen MR) is 60.0 cm³/mol. The average molecular weight is 247 g/mol. The summed E-state index contributed by atoms with van der Waals surface area (Å²) in [6, 6.07) is 0.141. The van der Waals surface area contributed by atoms with Crippen molar-refractivity contribution in [2.45, 2.75) is 39.3 Å². The number of aliphatic carboxylic acids is 1. The third kappa shape index (κ3) is 2.66. The number of nitrogens with zero attached hydrogens (tertiary/aromatic N) is 2. The van der Waals surface area contributed by atoms with Crippen molar-refractivity contribution in [3.05, 3.63) is 11.2 Å². The van der Waals surface area contributed by atoms with E-state index in [9.17, 15) is 4.79 Å². The van der Waals surface area contributed by atoms with Crippen LogP contribution in [0.5, 0.6) is 5.88 Å². The van der Waals surface area contributed by atoms with Gasteiger partial charge < -0.3 is 9.84 Å². The Morgan fingerprint density at radius 2 is 2.19 bits per heavy atom. The second-order valence-electron chi connectivity index (χ2n) is 4.27. The summed E-state index contributed by atoms with van der Waals surface area (Å²) in [6.07, 6.45) is 1.61. The number of halogens is 1. The van der Waals surface area contributed by atoms with Crippen LogP contribution < -0.4 is 4.74 Å². The second-order valence-corrected chi connectivity index (χ2v) is 4.68. The normalized spacial score (nSPS) is 11.9. The van der Waals surface area contributed by atoms with Crippen LogP contribution in [0, 0.1) is 0 Å². The molecule has 1 N–H and O–H groups in total. The van der Waals surface area contributed by atoms with Crippen LogP contribution >= 0.6 is 11.6 Å². The van der Waals surface area contributed by atoms with E-state index in [4.69, 9.17) is 21.4 Å². The molecule has 0 saturated heterocycles. The first-order valence-corrected chi connectivity index (χ1v) is 5.29. The molecule has 0 aliphatic rings. The van der Waals surface area contributed by atoms with Gasteiger partial charge in [0.05, 0.1) is 0 Å². The molecular weight excluding hydrogens is 232 g/mol. The highest BCUT2D eigenvalue weighted by atomic mass is 35.5. The van der Waals surface area contributed by atoms with Crippen LogP contribution in [0.25, 0.3) is 0 Å². The number of hydrogen-bond donors (Lipinski definition) is 1. The van der Waals surface area contributed by atoms with Crippen LogP contribution in [-0.4, -0.2) is 26.5 Å². The fourth-order valence-electron chi connectivity index (χ4n) is 0.972. The number of aromatic nitrogens is 2. The smallest absolute Gasteiger partial charge is 0.347 e. The number of carboxylic acid groups (broad SMARTS) is 1. The topological polar surface area (TPSA) is 64.3 Å². The van der Waals surface area contributed by atoms with E-state index in [1.165, 1.54) is 13.8 Å². The zero-order valence-corrected chi connectivity index (χ0v) is 10.4. The van der Waals surface area contributed by atoms with Crippen LogP contribution in [0.4, 0.5) is 0 Å². The summed E-state index contributed by atoms with van der Waals surface area (Å²) in [4.78, 5) is 10.9. The van der Waals surface area contributed by atoms with E-state index in [0.29, 0.717) is 5.02 Å². The lowest BCUT2D eigenvalue weighted by Crippen LogP contribution is -2.38. The summed E-state index contributed by atoms with van der Waals surface area (Å²) in [7, 11) is 0. The SMILES string of the molecule is CC(C)n1cc(Cl)c(OC(C)(C)C(=O)O)n1. The van der Waals surface area contributed by atoms with Gasteiger partial charge in [0.1, 0.15) is 5.02 Å². The van der Waals surface area contributed by atoms with Gasteiger partial charge in [0.2, 0.25) is 5.60 Å². The van der Waals surface area contributed by atoms with Crippen molar-refractivity contribution in [3.63, 3.8) is 0 Å². The highest BCUT2D eigenvalue weighted by molar-refractivity contribution is 6.31. The number of rotatable bonds is 4. The van der Waals surface area contributed by atoms with Crippen LogP contribution in [0.3, 0.4) is 0 Å². The average Bonchev–Trinajstić information content (AvgIpc) is 2.47. The fourth-order valence-corrected chi connectivity index (χ4v) is 1.15. The standard InChI is InChI=1S/C10H15ClN2O3/c1-6(2)13-5-7(11)8(12-13)16-10(3,4)9(14)15/h5-6H,1-4H3,(H,14,15). The molecule has 0 saturated carbocycles. The molecular formula is C10H15ClN2O3. The number of carboxylic acids is 1. The van der Waals surface area contributed by atoms with Gasteiger partial charge in [-0.05, 0) is 27.7 Å². The predicted octanol–water partition coefficient (Wildman–Crippen LogP) is 2.36. The lowest BCUT2D eigenvalue weighted by Gasteiger charge is -2.19. The van der Waals surface area contributed by atoms with Crippen molar-refractivity contribution >= 4 is 17.6 Å². The van der Waals surface area contributed by atoms with Crippen molar-refractivity contribution in [1.29, 1.82) is 0 Å². The Bertz CT molecular complexity index is 399. The van der Waals surface area contributed by atoms with Gasteiger partial charge in [-0.1, -0.05) is 11.6 Å². The van der Waals surface area contributed by atoms with E-state index in [-0.39, 0.29) is 11.9 Å². The Hall–Kier alpha value is -1.23. The lowest BCUT2D eigenvalue weighted by atomic mass is 10.1. The largest absolute Gasteiger partial charge is 0.478 e. The number of carbonyl (C=O) groups is 1. The zero-order valence-electron chi connectivity index (χ0n) is 9.69. The quantitative estimate of drug-likeness (QED) is 0.886. The van der Waals surface area contributed by atoms with Crippen LogP contribution in [-0.2, 0) is 4.79 Å². The summed E-state index contributed by atoms with van der Waals surface area (Å²) in [5, 5.41) is 13.3. The Balaban J connectivity index is 2.94. The zero-order chi connectivity index (χ0) is 12.5. The molecule has 16 heavy (non-hydrogen) atoms. The van der Waals surface area contributed by atoms with Crippen molar-refractivity contribution in [2.75, 3.05) is 0 Å². The van der Waals surface area contributed by atoms with Gasteiger partial charge in [0.15, 0.2) is 0 Å². The molecule has 0 unspecified atom stereocenters. The Morgan fingerprint density at radius 1 is 1.62 bits per heavy atom.